The van der Waals surface area contributed by atoms with Gasteiger partial charge in [0.05, 0.1) is 0 Å². The van der Waals surface area contributed by atoms with Crippen LogP contribution in [0.3, 0.4) is 0 Å². The van der Waals surface area contributed by atoms with Crippen LogP contribution in [-0.2, 0) is 6.42 Å². The van der Waals surface area contributed by atoms with Crippen LogP contribution in [-0.4, -0.2) is 11.0 Å². The quantitative estimate of drug-likeness (QED) is 0.838. The number of benzene rings is 1. The van der Waals surface area contributed by atoms with E-state index in [1.807, 2.05) is 25.1 Å². The molecule has 0 aliphatic carbocycles. The second kappa shape index (κ2) is 4.88. The smallest absolute Gasteiger partial charge is 0.0457 e. The Morgan fingerprint density at radius 3 is 2.80 bits per heavy atom. The van der Waals surface area contributed by atoms with Crippen molar-refractivity contribution in [3.05, 3.63) is 35.0 Å². The molecule has 4 heteroatoms. The molecule has 1 aromatic carbocycles. The van der Waals surface area contributed by atoms with Crippen molar-refractivity contribution in [3.63, 3.8) is 0 Å². The van der Waals surface area contributed by atoms with E-state index in [1.165, 1.54) is 0 Å². The third-order valence-electron chi connectivity index (χ3n) is 2.18. The van der Waals surface area contributed by atoms with Gasteiger partial charge in [-0.3, -0.25) is 0 Å². The number of halogens is 2. The first-order valence-electron chi connectivity index (χ1n) is 4.68. The summed E-state index contributed by atoms with van der Waals surface area (Å²) in [5.74, 6) is 0. The highest BCUT2D eigenvalue weighted by molar-refractivity contribution is 6.31. The Hall–Kier alpha value is -0.700. The number of aromatic amines is 1. The van der Waals surface area contributed by atoms with Gasteiger partial charge in [-0.1, -0.05) is 11.6 Å². The van der Waals surface area contributed by atoms with Crippen molar-refractivity contribution < 1.29 is 0 Å². The predicted octanol–water partition coefficient (Wildman–Crippen LogP) is 3.13. The first-order valence-corrected chi connectivity index (χ1v) is 5.05. The number of nitrogens with two attached hydrogens (primary N) is 1. The van der Waals surface area contributed by atoms with Crippen molar-refractivity contribution in [2.45, 2.75) is 19.4 Å². The van der Waals surface area contributed by atoms with Gasteiger partial charge < -0.3 is 10.7 Å². The van der Waals surface area contributed by atoms with Gasteiger partial charge in [0, 0.05) is 34.1 Å². The largest absolute Gasteiger partial charge is 0.358 e. The van der Waals surface area contributed by atoms with E-state index in [9.17, 15) is 0 Å². The number of fused-ring (bicyclic) bond motifs is 1. The molecule has 0 aliphatic heterocycles. The fraction of sp³-hybridized carbons (Fsp3) is 0.273. The summed E-state index contributed by atoms with van der Waals surface area (Å²) >= 11 is 5.90. The Labute approximate surface area is 100 Å². The molecule has 3 N–H and O–H groups in total. The van der Waals surface area contributed by atoms with E-state index in [2.05, 4.69) is 11.1 Å². The van der Waals surface area contributed by atoms with Gasteiger partial charge in [0.2, 0.25) is 0 Å². The van der Waals surface area contributed by atoms with E-state index in [1.54, 1.807) is 0 Å². The van der Waals surface area contributed by atoms with Crippen molar-refractivity contribution in [3.8, 4) is 0 Å². The van der Waals surface area contributed by atoms with Gasteiger partial charge in [0.1, 0.15) is 0 Å². The van der Waals surface area contributed by atoms with Crippen molar-refractivity contribution in [1.82, 2.24) is 4.98 Å². The van der Waals surface area contributed by atoms with Gasteiger partial charge in [-0.15, -0.1) is 12.4 Å². The molecule has 0 fully saturated rings. The number of hydrogen-bond donors (Lipinski definition) is 2. The molecular formula is C11H14Cl2N2. The summed E-state index contributed by atoms with van der Waals surface area (Å²) in [6, 6.07) is 8.11. The molecule has 0 amide bonds. The van der Waals surface area contributed by atoms with Gasteiger partial charge in [-0.05, 0) is 31.2 Å². The first-order chi connectivity index (χ1) is 6.65. The Bertz CT molecular complexity index is 449. The average Bonchev–Trinajstić information content (AvgIpc) is 2.44. The minimum absolute atomic E-state index is 0. The third kappa shape index (κ3) is 2.88. The number of nitrogens with one attached hydrogen (secondary N) is 1. The van der Waals surface area contributed by atoms with Crippen LogP contribution in [0.1, 0.15) is 12.6 Å². The molecule has 0 bridgehead atoms. The van der Waals surface area contributed by atoms with E-state index in [0.29, 0.717) is 0 Å². The highest BCUT2D eigenvalue weighted by atomic mass is 35.5. The maximum absolute atomic E-state index is 5.90. The van der Waals surface area contributed by atoms with Gasteiger partial charge in [0.25, 0.3) is 0 Å². The molecule has 1 heterocycles. The Morgan fingerprint density at radius 1 is 1.40 bits per heavy atom. The molecule has 0 spiro atoms. The minimum atomic E-state index is 0. The second-order valence-electron chi connectivity index (χ2n) is 3.71. The normalized spacial score (nSPS) is 12.5. The Kier molecular flexibility index (Phi) is 4.03. The summed E-state index contributed by atoms with van der Waals surface area (Å²) in [4.78, 5) is 3.32. The summed E-state index contributed by atoms with van der Waals surface area (Å²) < 4.78 is 0. The predicted molar refractivity (Wildman–Crippen MR) is 67.9 cm³/mol. The van der Waals surface area contributed by atoms with E-state index in [4.69, 9.17) is 17.3 Å². The lowest BCUT2D eigenvalue weighted by Gasteiger charge is -2.00. The second-order valence-corrected chi connectivity index (χ2v) is 4.14. The molecular weight excluding hydrogens is 231 g/mol. The van der Waals surface area contributed by atoms with Gasteiger partial charge >= 0.3 is 0 Å². The topological polar surface area (TPSA) is 41.8 Å². The monoisotopic (exact) mass is 244 g/mol. The highest BCUT2D eigenvalue weighted by Gasteiger charge is 2.03. The summed E-state index contributed by atoms with van der Waals surface area (Å²) in [7, 11) is 0. The lowest BCUT2D eigenvalue weighted by atomic mass is 10.2. The third-order valence-corrected chi connectivity index (χ3v) is 2.42. The van der Waals surface area contributed by atoms with Crippen molar-refractivity contribution in [2.75, 3.05) is 0 Å². The molecule has 0 radical (unpaired) electrons. The van der Waals surface area contributed by atoms with Crippen molar-refractivity contribution in [1.29, 1.82) is 0 Å². The fourth-order valence-corrected chi connectivity index (χ4v) is 1.80. The molecule has 2 nitrogen and oxygen atoms in total. The maximum atomic E-state index is 5.90. The van der Waals surface area contributed by atoms with Gasteiger partial charge in [-0.25, -0.2) is 0 Å². The summed E-state index contributed by atoms with van der Waals surface area (Å²) in [5.41, 5.74) is 8.01. The van der Waals surface area contributed by atoms with Crippen LogP contribution in [0.15, 0.2) is 24.3 Å². The zero-order chi connectivity index (χ0) is 10.1. The molecule has 1 unspecified atom stereocenters. The van der Waals surface area contributed by atoms with E-state index in [-0.39, 0.29) is 18.4 Å². The first kappa shape index (κ1) is 12.4. The van der Waals surface area contributed by atoms with E-state index < -0.39 is 0 Å². The molecule has 82 valence electrons. The zero-order valence-corrected chi connectivity index (χ0v) is 10.0. The van der Waals surface area contributed by atoms with Gasteiger partial charge in [-0.2, -0.15) is 0 Å². The molecule has 1 atom stereocenters. The van der Waals surface area contributed by atoms with Crippen LogP contribution in [0.2, 0.25) is 5.02 Å². The van der Waals surface area contributed by atoms with Crippen LogP contribution in [0.5, 0.6) is 0 Å². The molecule has 2 rings (SSSR count). The summed E-state index contributed by atoms with van der Waals surface area (Å²) in [5, 5.41) is 1.91. The molecule has 1 aromatic heterocycles. The van der Waals surface area contributed by atoms with E-state index in [0.717, 1.165) is 28.0 Å². The van der Waals surface area contributed by atoms with Gasteiger partial charge in [0.15, 0.2) is 0 Å². The van der Waals surface area contributed by atoms with Crippen LogP contribution in [0.4, 0.5) is 0 Å². The van der Waals surface area contributed by atoms with E-state index >= 15 is 0 Å². The lowest BCUT2D eigenvalue weighted by molar-refractivity contribution is 0.727. The number of H-pyrrole nitrogens is 1. The average molecular weight is 245 g/mol. The Morgan fingerprint density at radius 2 is 2.13 bits per heavy atom. The SMILES string of the molecule is CC(N)Cc1cc2cc(Cl)ccc2[nH]1.Cl. The molecule has 15 heavy (non-hydrogen) atoms. The number of rotatable bonds is 2. The Balaban J connectivity index is 0.00000112. The molecule has 2 aromatic rings. The van der Waals surface area contributed by atoms with Crippen LogP contribution >= 0.6 is 24.0 Å². The maximum Gasteiger partial charge on any atom is 0.0457 e. The van der Waals surface area contributed by atoms with Crippen LogP contribution in [0.25, 0.3) is 10.9 Å². The minimum Gasteiger partial charge on any atom is -0.358 e. The fourth-order valence-electron chi connectivity index (χ4n) is 1.62. The highest BCUT2D eigenvalue weighted by Crippen LogP contribution is 2.20. The lowest BCUT2D eigenvalue weighted by Crippen LogP contribution is -2.17. The molecule has 0 aliphatic rings. The summed E-state index contributed by atoms with van der Waals surface area (Å²) in [6.07, 6.45) is 0.867. The van der Waals surface area contributed by atoms with Crippen molar-refractivity contribution in [2.24, 2.45) is 5.73 Å². The van der Waals surface area contributed by atoms with Crippen LogP contribution in [0, 0.1) is 0 Å². The molecule has 0 saturated heterocycles. The number of aromatic nitrogens is 1. The van der Waals surface area contributed by atoms with Crippen LogP contribution < -0.4 is 5.73 Å². The zero-order valence-electron chi connectivity index (χ0n) is 8.46. The summed E-state index contributed by atoms with van der Waals surface area (Å²) in [6.45, 7) is 2.00. The standard InChI is InChI=1S/C11H13ClN2.ClH/c1-7(13)4-10-6-8-5-9(12)2-3-11(8)14-10;/h2-3,5-7,14H,4,13H2,1H3;1H. The number of hydrogen-bond acceptors (Lipinski definition) is 1. The van der Waals surface area contributed by atoms with Crippen molar-refractivity contribution >= 4 is 34.9 Å². The molecule has 0 saturated carbocycles.